The zero-order valence-electron chi connectivity index (χ0n) is 11.0. The monoisotopic (exact) mass is 258 g/mol. The Morgan fingerprint density at radius 1 is 1.47 bits per heavy atom. The van der Waals surface area contributed by atoms with E-state index in [2.05, 4.69) is 10.4 Å². The summed E-state index contributed by atoms with van der Waals surface area (Å²) in [6.07, 6.45) is 2.01. The second-order valence-corrected chi connectivity index (χ2v) is 5.30. The van der Waals surface area contributed by atoms with Crippen LogP contribution in [0.1, 0.15) is 23.3 Å². The van der Waals surface area contributed by atoms with E-state index in [0.717, 1.165) is 23.7 Å². The van der Waals surface area contributed by atoms with Crippen LogP contribution < -0.4 is 11.1 Å². The van der Waals surface area contributed by atoms with Gasteiger partial charge in [-0.2, -0.15) is 5.10 Å². The molecule has 1 amide bonds. The van der Waals surface area contributed by atoms with Crippen molar-refractivity contribution in [3.8, 4) is 0 Å². The van der Waals surface area contributed by atoms with Crippen LogP contribution in [0.4, 0.5) is 0 Å². The van der Waals surface area contributed by atoms with Gasteiger partial charge in [-0.05, 0) is 24.8 Å². The van der Waals surface area contributed by atoms with Gasteiger partial charge in [-0.25, -0.2) is 0 Å². The van der Waals surface area contributed by atoms with E-state index >= 15 is 0 Å². The molecule has 1 fully saturated rings. The van der Waals surface area contributed by atoms with E-state index in [0.29, 0.717) is 24.2 Å². The van der Waals surface area contributed by atoms with Crippen molar-refractivity contribution in [3.63, 3.8) is 0 Å². The number of carbonyl (C=O) groups is 1. The zero-order valence-corrected chi connectivity index (χ0v) is 11.0. The molecule has 19 heavy (non-hydrogen) atoms. The normalized spacial score (nSPS) is 22.2. The van der Waals surface area contributed by atoms with Gasteiger partial charge in [0.25, 0.3) is 5.91 Å². The molecule has 5 nitrogen and oxygen atoms in total. The molecule has 5 heteroatoms. The number of rotatable bonds is 3. The number of nitrogens with zero attached hydrogens (tertiary/aromatic N) is 2. The number of para-hydroxylation sites is 1. The van der Waals surface area contributed by atoms with E-state index in [1.165, 1.54) is 0 Å². The van der Waals surface area contributed by atoms with Crippen molar-refractivity contribution in [3.05, 3.63) is 30.0 Å². The third kappa shape index (κ3) is 2.21. The minimum Gasteiger partial charge on any atom is -0.350 e. The standard InChI is InChI=1S/C14H18N4O/c1-18-12-5-3-2-4-11(12)13(17-18)14(19)16-8-9-6-10(15)7-9/h2-5,9-10H,6-8,15H2,1H3,(H,16,19). The van der Waals surface area contributed by atoms with E-state index in [-0.39, 0.29) is 5.91 Å². The molecule has 1 heterocycles. The molecule has 0 aliphatic heterocycles. The smallest absolute Gasteiger partial charge is 0.272 e. The maximum absolute atomic E-state index is 12.2. The average Bonchev–Trinajstić information content (AvgIpc) is 2.71. The van der Waals surface area contributed by atoms with Gasteiger partial charge in [0.15, 0.2) is 5.69 Å². The summed E-state index contributed by atoms with van der Waals surface area (Å²) in [7, 11) is 1.85. The molecule has 0 bridgehead atoms. The Bertz CT molecular complexity index is 613. The number of hydrogen-bond acceptors (Lipinski definition) is 3. The van der Waals surface area contributed by atoms with Gasteiger partial charge in [-0.1, -0.05) is 18.2 Å². The van der Waals surface area contributed by atoms with Crippen LogP contribution in [0.3, 0.4) is 0 Å². The first-order valence-electron chi connectivity index (χ1n) is 6.60. The first kappa shape index (κ1) is 12.2. The Labute approximate surface area is 111 Å². The topological polar surface area (TPSA) is 72.9 Å². The Hall–Kier alpha value is -1.88. The molecule has 1 aromatic heterocycles. The third-order valence-corrected chi connectivity index (χ3v) is 3.80. The van der Waals surface area contributed by atoms with E-state index in [1.807, 2.05) is 31.3 Å². The number of fused-ring (bicyclic) bond motifs is 1. The predicted molar refractivity (Wildman–Crippen MR) is 73.7 cm³/mol. The molecule has 0 saturated heterocycles. The van der Waals surface area contributed by atoms with Gasteiger partial charge < -0.3 is 11.1 Å². The summed E-state index contributed by atoms with van der Waals surface area (Å²) in [6, 6.07) is 8.07. The van der Waals surface area contributed by atoms with Gasteiger partial charge in [0, 0.05) is 25.0 Å². The summed E-state index contributed by atoms with van der Waals surface area (Å²) < 4.78 is 1.74. The molecule has 0 spiro atoms. The fraction of sp³-hybridized carbons (Fsp3) is 0.429. The van der Waals surface area contributed by atoms with Gasteiger partial charge in [-0.15, -0.1) is 0 Å². The number of carbonyl (C=O) groups excluding carboxylic acids is 1. The molecule has 0 radical (unpaired) electrons. The number of benzene rings is 1. The summed E-state index contributed by atoms with van der Waals surface area (Å²) in [4.78, 5) is 12.2. The van der Waals surface area contributed by atoms with Crippen molar-refractivity contribution < 1.29 is 4.79 Å². The van der Waals surface area contributed by atoms with Gasteiger partial charge in [0.2, 0.25) is 0 Å². The van der Waals surface area contributed by atoms with Crippen molar-refractivity contribution in [2.24, 2.45) is 18.7 Å². The van der Waals surface area contributed by atoms with Gasteiger partial charge >= 0.3 is 0 Å². The van der Waals surface area contributed by atoms with Crippen LogP contribution in [0.2, 0.25) is 0 Å². The van der Waals surface area contributed by atoms with Crippen LogP contribution in [0.15, 0.2) is 24.3 Å². The van der Waals surface area contributed by atoms with E-state index in [9.17, 15) is 4.79 Å². The summed E-state index contributed by atoms with van der Waals surface area (Å²) >= 11 is 0. The lowest BCUT2D eigenvalue weighted by atomic mass is 9.81. The van der Waals surface area contributed by atoms with Crippen molar-refractivity contribution in [1.29, 1.82) is 0 Å². The molecule has 1 aliphatic carbocycles. The Balaban J connectivity index is 1.74. The highest BCUT2D eigenvalue weighted by Gasteiger charge is 2.26. The number of aromatic nitrogens is 2. The molecule has 1 aliphatic rings. The largest absolute Gasteiger partial charge is 0.350 e. The summed E-state index contributed by atoms with van der Waals surface area (Å²) in [6.45, 7) is 0.692. The summed E-state index contributed by atoms with van der Waals surface area (Å²) in [5.74, 6) is 0.422. The summed E-state index contributed by atoms with van der Waals surface area (Å²) in [5.41, 5.74) is 7.21. The van der Waals surface area contributed by atoms with E-state index in [1.54, 1.807) is 4.68 Å². The highest BCUT2D eigenvalue weighted by atomic mass is 16.1. The Morgan fingerprint density at radius 3 is 2.95 bits per heavy atom. The second-order valence-electron chi connectivity index (χ2n) is 5.30. The van der Waals surface area contributed by atoms with Crippen LogP contribution in [-0.4, -0.2) is 28.3 Å². The van der Waals surface area contributed by atoms with Crippen LogP contribution in [0, 0.1) is 5.92 Å². The summed E-state index contributed by atoms with van der Waals surface area (Å²) in [5, 5.41) is 8.16. The van der Waals surface area contributed by atoms with E-state index in [4.69, 9.17) is 5.73 Å². The van der Waals surface area contributed by atoms with Crippen LogP contribution in [-0.2, 0) is 7.05 Å². The zero-order chi connectivity index (χ0) is 13.4. The van der Waals surface area contributed by atoms with Gasteiger partial charge in [0.05, 0.1) is 5.52 Å². The maximum Gasteiger partial charge on any atom is 0.272 e. The fourth-order valence-electron chi connectivity index (χ4n) is 2.66. The van der Waals surface area contributed by atoms with Crippen molar-refractivity contribution in [1.82, 2.24) is 15.1 Å². The molecule has 3 rings (SSSR count). The van der Waals surface area contributed by atoms with Crippen molar-refractivity contribution in [2.75, 3.05) is 6.54 Å². The second kappa shape index (κ2) is 4.66. The first-order valence-corrected chi connectivity index (χ1v) is 6.60. The lowest BCUT2D eigenvalue weighted by molar-refractivity contribution is 0.0931. The van der Waals surface area contributed by atoms with Crippen molar-refractivity contribution in [2.45, 2.75) is 18.9 Å². The van der Waals surface area contributed by atoms with Crippen LogP contribution >= 0.6 is 0 Å². The number of aryl methyl sites for hydroxylation is 1. The molecule has 2 aromatic rings. The van der Waals surface area contributed by atoms with Crippen LogP contribution in [0.25, 0.3) is 10.9 Å². The quantitative estimate of drug-likeness (QED) is 0.864. The molecule has 100 valence electrons. The number of hydrogen-bond donors (Lipinski definition) is 2. The molecule has 0 unspecified atom stereocenters. The van der Waals surface area contributed by atoms with Gasteiger partial charge in [-0.3, -0.25) is 9.48 Å². The van der Waals surface area contributed by atoms with Crippen LogP contribution in [0.5, 0.6) is 0 Å². The highest BCUT2D eigenvalue weighted by molar-refractivity contribution is 6.04. The molecule has 1 aromatic carbocycles. The predicted octanol–water partition coefficient (Wildman–Crippen LogP) is 1.04. The molecular weight excluding hydrogens is 240 g/mol. The first-order chi connectivity index (χ1) is 9.15. The molecular formula is C14H18N4O. The minimum absolute atomic E-state index is 0.0997. The number of nitrogens with one attached hydrogen (secondary N) is 1. The number of nitrogens with two attached hydrogens (primary N) is 1. The molecule has 1 saturated carbocycles. The fourth-order valence-corrected chi connectivity index (χ4v) is 2.66. The Morgan fingerprint density at radius 2 is 2.21 bits per heavy atom. The van der Waals surface area contributed by atoms with E-state index < -0.39 is 0 Å². The minimum atomic E-state index is -0.0997. The van der Waals surface area contributed by atoms with Gasteiger partial charge in [0.1, 0.15) is 0 Å². The molecule has 3 N–H and O–H groups in total. The molecule has 0 atom stereocenters. The highest BCUT2D eigenvalue weighted by Crippen LogP contribution is 2.24. The Kier molecular flexibility index (Phi) is 2.98. The lowest BCUT2D eigenvalue weighted by Crippen LogP contribution is -2.42. The maximum atomic E-state index is 12.2. The lowest BCUT2D eigenvalue weighted by Gasteiger charge is -2.32. The SMILES string of the molecule is Cn1nc(C(=O)NCC2CC(N)C2)c2ccccc21. The number of amides is 1. The third-order valence-electron chi connectivity index (χ3n) is 3.80. The average molecular weight is 258 g/mol. The van der Waals surface area contributed by atoms with Crippen molar-refractivity contribution >= 4 is 16.8 Å².